The number of carbonyl (C=O) groups is 1. The van der Waals surface area contributed by atoms with Crippen LogP contribution in [-0.2, 0) is 17.7 Å². The summed E-state index contributed by atoms with van der Waals surface area (Å²) in [4.78, 5) is 21.6. The van der Waals surface area contributed by atoms with Crippen LogP contribution in [0.15, 0.2) is 54.7 Å². The summed E-state index contributed by atoms with van der Waals surface area (Å²) in [5.41, 5.74) is 5.44. The molecule has 1 aliphatic rings. The molecule has 0 saturated heterocycles. The normalized spacial score (nSPS) is 11.8. The number of fused-ring (bicyclic) bond motifs is 3. The van der Waals surface area contributed by atoms with Crippen molar-refractivity contribution in [2.45, 2.75) is 19.9 Å². The smallest absolute Gasteiger partial charge is 0.374 e. The number of benzene rings is 2. The maximum absolute atomic E-state index is 13.7. The summed E-state index contributed by atoms with van der Waals surface area (Å²) >= 11 is 0. The van der Waals surface area contributed by atoms with Crippen LogP contribution in [0.5, 0.6) is 5.75 Å². The molecule has 174 valence electrons. The van der Waals surface area contributed by atoms with E-state index in [1.807, 2.05) is 22.8 Å². The number of methoxy groups -OCH3 is 1. The number of esters is 1. The second kappa shape index (κ2) is 9.03. The third-order valence-corrected chi connectivity index (χ3v) is 6.03. The van der Waals surface area contributed by atoms with Gasteiger partial charge in [0.2, 0.25) is 5.82 Å². The molecule has 0 bridgehead atoms. The van der Waals surface area contributed by atoms with E-state index in [4.69, 9.17) is 9.47 Å². The zero-order valence-corrected chi connectivity index (χ0v) is 19.2. The van der Waals surface area contributed by atoms with Crippen LogP contribution in [-0.4, -0.2) is 34.2 Å². The lowest BCUT2D eigenvalue weighted by Crippen LogP contribution is -2.18. The van der Waals surface area contributed by atoms with Gasteiger partial charge in [0.15, 0.2) is 0 Å². The first kappa shape index (κ1) is 22.3. The fourth-order valence-corrected chi connectivity index (χ4v) is 4.48. The molecule has 0 aliphatic carbocycles. The molecule has 0 atom stereocenters. The van der Waals surface area contributed by atoms with Gasteiger partial charge in [0.25, 0.3) is 0 Å². The number of halogens is 1. The summed E-state index contributed by atoms with van der Waals surface area (Å²) in [5.74, 6) is -0.0581. The zero-order valence-electron chi connectivity index (χ0n) is 19.2. The number of carbonyl (C=O) groups excluding carboxylic acids is 1. The Morgan fingerprint density at radius 2 is 1.97 bits per heavy atom. The highest BCUT2D eigenvalue weighted by Gasteiger charge is 2.30. The largest absolute Gasteiger partial charge is 0.496 e. The van der Waals surface area contributed by atoms with Gasteiger partial charge < -0.3 is 14.0 Å². The molecule has 0 saturated carbocycles. The van der Waals surface area contributed by atoms with Crippen LogP contribution >= 0.6 is 0 Å². The van der Waals surface area contributed by atoms with E-state index in [0.29, 0.717) is 41.1 Å². The van der Waals surface area contributed by atoms with E-state index in [1.165, 1.54) is 12.1 Å². The number of nitriles is 1. The minimum atomic E-state index is -0.515. The number of aromatic nitrogens is 3. The van der Waals surface area contributed by atoms with Gasteiger partial charge in [0, 0.05) is 35.0 Å². The molecule has 0 N–H and O–H groups in total. The number of hydrogen-bond acceptors (Lipinski definition) is 6. The van der Waals surface area contributed by atoms with Gasteiger partial charge in [-0.1, -0.05) is 0 Å². The minimum Gasteiger partial charge on any atom is -0.496 e. The SMILES string of the molecule is CCOC(=O)c1nc(-c2ccc(F)cc2)c2n1CCc1cc(OC)c(-c3cccnc3C#N)cc1-2. The molecule has 7 nitrogen and oxygen atoms in total. The lowest BCUT2D eigenvalue weighted by molar-refractivity contribution is 0.0506. The molecular formula is C27H21FN4O3. The fourth-order valence-electron chi connectivity index (χ4n) is 4.48. The number of nitrogens with zero attached hydrogens (tertiary/aromatic N) is 4. The van der Waals surface area contributed by atoms with Crippen molar-refractivity contribution in [3.63, 3.8) is 0 Å². The van der Waals surface area contributed by atoms with Crippen LogP contribution < -0.4 is 4.74 Å². The number of hydrogen-bond donors (Lipinski definition) is 0. The second-order valence-corrected chi connectivity index (χ2v) is 7.98. The molecule has 4 aromatic rings. The van der Waals surface area contributed by atoms with Crippen LogP contribution in [0.3, 0.4) is 0 Å². The van der Waals surface area contributed by atoms with Crippen LogP contribution in [0.4, 0.5) is 4.39 Å². The van der Waals surface area contributed by atoms with Gasteiger partial charge in [-0.2, -0.15) is 5.26 Å². The van der Waals surface area contributed by atoms with Crippen molar-refractivity contribution in [2.24, 2.45) is 0 Å². The minimum absolute atomic E-state index is 0.197. The Morgan fingerprint density at radius 1 is 1.17 bits per heavy atom. The molecular weight excluding hydrogens is 447 g/mol. The topological polar surface area (TPSA) is 90.0 Å². The van der Waals surface area contributed by atoms with E-state index in [-0.39, 0.29) is 23.9 Å². The number of pyridine rings is 1. The summed E-state index contributed by atoms with van der Waals surface area (Å²) in [6, 6.07) is 15.6. The van der Waals surface area contributed by atoms with Crippen molar-refractivity contribution < 1.29 is 18.7 Å². The first-order chi connectivity index (χ1) is 17.0. The number of ether oxygens (including phenoxy) is 2. The Labute approximate surface area is 201 Å². The number of aryl methyl sites for hydroxylation is 1. The van der Waals surface area contributed by atoms with Gasteiger partial charge in [-0.05, 0) is 67.4 Å². The van der Waals surface area contributed by atoms with Crippen molar-refractivity contribution in [1.29, 1.82) is 5.26 Å². The summed E-state index contributed by atoms with van der Waals surface area (Å²) in [6.07, 6.45) is 2.21. The lowest BCUT2D eigenvalue weighted by Gasteiger charge is -2.23. The van der Waals surface area contributed by atoms with Crippen molar-refractivity contribution >= 4 is 5.97 Å². The molecule has 0 amide bonds. The van der Waals surface area contributed by atoms with Crippen molar-refractivity contribution in [3.05, 3.63) is 77.6 Å². The average molecular weight is 468 g/mol. The van der Waals surface area contributed by atoms with Gasteiger partial charge in [0.1, 0.15) is 23.3 Å². The third-order valence-electron chi connectivity index (χ3n) is 6.03. The fraction of sp³-hybridized carbons (Fsp3) is 0.185. The van der Waals surface area contributed by atoms with Crippen LogP contribution in [0.25, 0.3) is 33.6 Å². The Balaban J connectivity index is 1.79. The predicted molar refractivity (Wildman–Crippen MR) is 127 cm³/mol. The monoisotopic (exact) mass is 468 g/mol. The van der Waals surface area contributed by atoms with E-state index in [2.05, 4.69) is 16.0 Å². The summed E-state index contributed by atoms with van der Waals surface area (Å²) in [6.45, 7) is 2.49. The van der Waals surface area contributed by atoms with Crippen LogP contribution in [0, 0.1) is 17.1 Å². The molecule has 35 heavy (non-hydrogen) atoms. The quantitative estimate of drug-likeness (QED) is 0.382. The number of rotatable bonds is 5. The highest BCUT2D eigenvalue weighted by atomic mass is 19.1. The summed E-state index contributed by atoms with van der Waals surface area (Å²) < 4.78 is 26.5. The lowest BCUT2D eigenvalue weighted by atomic mass is 9.90. The van der Waals surface area contributed by atoms with Gasteiger partial charge in [-0.15, -0.1) is 0 Å². The molecule has 0 radical (unpaired) electrons. The van der Waals surface area contributed by atoms with Crippen LogP contribution in [0.2, 0.25) is 0 Å². The van der Waals surface area contributed by atoms with Gasteiger partial charge in [-0.25, -0.2) is 19.2 Å². The molecule has 0 unspecified atom stereocenters. The first-order valence-corrected chi connectivity index (χ1v) is 11.2. The molecule has 5 rings (SSSR count). The number of imidazole rings is 1. The van der Waals surface area contributed by atoms with Crippen molar-refractivity contribution in [1.82, 2.24) is 14.5 Å². The maximum Gasteiger partial charge on any atom is 0.374 e. The standard InChI is InChI=1S/C27H21FN4O3/c1-3-35-27(33)26-31-24(16-6-8-18(28)9-7-16)25-20-14-21(19-5-4-11-30-22(19)15-29)23(34-2)13-17(20)10-12-32(25)26/h4-9,11,13-14H,3,10,12H2,1-2H3. The molecule has 0 fully saturated rings. The maximum atomic E-state index is 13.7. The molecule has 2 aromatic heterocycles. The van der Waals surface area contributed by atoms with Gasteiger partial charge >= 0.3 is 5.97 Å². The molecule has 2 aromatic carbocycles. The van der Waals surface area contributed by atoms with E-state index in [9.17, 15) is 14.4 Å². The second-order valence-electron chi connectivity index (χ2n) is 7.98. The molecule has 0 spiro atoms. The highest BCUT2D eigenvalue weighted by Crippen LogP contribution is 2.43. The Kier molecular flexibility index (Phi) is 5.75. The van der Waals surface area contributed by atoms with Gasteiger partial charge in [0.05, 0.1) is 25.1 Å². The highest BCUT2D eigenvalue weighted by molar-refractivity contribution is 5.93. The predicted octanol–water partition coefficient (Wildman–Crippen LogP) is 5.03. The molecule has 8 heteroatoms. The van der Waals surface area contributed by atoms with Crippen LogP contribution in [0.1, 0.15) is 28.8 Å². The average Bonchev–Trinajstić information content (AvgIpc) is 3.28. The summed E-state index contributed by atoms with van der Waals surface area (Å²) in [7, 11) is 1.59. The van der Waals surface area contributed by atoms with Gasteiger partial charge in [-0.3, -0.25) is 0 Å². The van der Waals surface area contributed by atoms with E-state index in [1.54, 1.807) is 38.4 Å². The van der Waals surface area contributed by atoms with E-state index < -0.39 is 5.97 Å². The first-order valence-electron chi connectivity index (χ1n) is 11.2. The van der Waals surface area contributed by atoms with E-state index in [0.717, 1.165) is 16.8 Å². The Bertz CT molecular complexity index is 1490. The Morgan fingerprint density at radius 3 is 2.69 bits per heavy atom. The molecule has 1 aliphatic heterocycles. The van der Waals surface area contributed by atoms with Crippen molar-refractivity contribution in [2.75, 3.05) is 13.7 Å². The zero-order chi connectivity index (χ0) is 24.5. The molecule has 3 heterocycles. The van der Waals surface area contributed by atoms with E-state index >= 15 is 0 Å². The summed E-state index contributed by atoms with van der Waals surface area (Å²) in [5, 5.41) is 9.62. The Hall–Kier alpha value is -4.51. The third kappa shape index (κ3) is 3.81. The van der Waals surface area contributed by atoms with Crippen molar-refractivity contribution in [3.8, 4) is 45.5 Å².